The summed E-state index contributed by atoms with van der Waals surface area (Å²) in [6, 6.07) is 7.45. The molecule has 3 N–H and O–H groups in total. The lowest BCUT2D eigenvalue weighted by Gasteiger charge is -2.24. The molecule has 1 unspecified atom stereocenters. The third-order valence-electron chi connectivity index (χ3n) is 7.04. The van der Waals surface area contributed by atoms with Gasteiger partial charge in [-0.25, -0.2) is 9.61 Å². The number of thioether (sulfide) groups is 1. The van der Waals surface area contributed by atoms with E-state index in [4.69, 9.17) is 4.63 Å². The summed E-state index contributed by atoms with van der Waals surface area (Å²) < 4.78 is 6.09. The minimum absolute atomic E-state index is 0.0392. The van der Waals surface area contributed by atoms with Crippen molar-refractivity contribution in [1.29, 1.82) is 0 Å². The maximum Gasteiger partial charge on any atom is 0.305 e. The minimum atomic E-state index is -1.22. The van der Waals surface area contributed by atoms with Crippen molar-refractivity contribution in [2.24, 2.45) is 5.92 Å². The van der Waals surface area contributed by atoms with Crippen LogP contribution in [-0.4, -0.2) is 54.4 Å². The van der Waals surface area contributed by atoms with Crippen LogP contribution in [0, 0.1) is 12.8 Å². The molecule has 2 atom stereocenters. The molecule has 1 aromatic carbocycles. The molecule has 224 valence electrons. The second kappa shape index (κ2) is 14.3. The number of carbonyl (C=O) groups excluding carboxylic acids is 2. The van der Waals surface area contributed by atoms with Crippen molar-refractivity contribution in [3.63, 3.8) is 0 Å². The largest absolute Gasteiger partial charge is 0.481 e. The van der Waals surface area contributed by atoms with Gasteiger partial charge in [-0.15, -0.1) is 11.8 Å². The number of aryl methyl sites for hydroxylation is 1. The van der Waals surface area contributed by atoms with Crippen LogP contribution < -0.4 is 16.2 Å². The van der Waals surface area contributed by atoms with Crippen LogP contribution in [0.15, 0.2) is 46.0 Å². The number of carbonyl (C=O) groups is 3. The number of ketones is 1. The fourth-order valence-electron chi connectivity index (χ4n) is 4.38. The van der Waals surface area contributed by atoms with Crippen LogP contribution in [0.1, 0.15) is 74.1 Å². The molecule has 13 heteroatoms. The van der Waals surface area contributed by atoms with Gasteiger partial charge in [0.2, 0.25) is 5.91 Å². The van der Waals surface area contributed by atoms with Crippen molar-refractivity contribution < 1.29 is 24.1 Å². The number of carboxylic acids is 1. The van der Waals surface area contributed by atoms with Crippen molar-refractivity contribution in [2.45, 2.75) is 76.8 Å². The first kappa shape index (κ1) is 30.9. The highest BCUT2D eigenvalue weighted by atomic mass is 32.2. The monoisotopic (exact) mass is 596 g/mol. The lowest BCUT2D eigenvalue weighted by molar-refractivity contribution is -0.140. The Hall–Kier alpha value is -4.00. The van der Waals surface area contributed by atoms with Crippen LogP contribution >= 0.6 is 11.8 Å². The van der Waals surface area contributed by atoms with Crippen molar-refractivity contribution in [1.82, 2.24) is 25.2 Å². The van der Waals surface area contributed by atoms with Crippen LogP contribution in [0.3, 0.4) is 0 Å². The Kier molecular flexibility index (Phi) is 10.5. The van der Waals surface area contributed by atoms with Gasteiger partial charge >= 0.3 is 5.97 Å². The van der Waals surface area contributed by atoms with E-state index in [1.807, 2.05) is 44.2 Å². The first-order chi connectivity index (χ1) is 20.1. The molecule has 0 spiro atoms. The van der Waals surface area contributed by atoms with Crippen LogP contribution in [-0.2, 0) is 26.7 Å². The number of aliphatic carboxylic acids is 1. The van der Waals surface area contributed by atoms with E-state index in [0.29, 0.717) is 29.3 Å². The van der Waals surface area contributed by atoms with Crippen molar-refractivity contribution in [3.8, 4) is 0 Å². The smallest absolute Gasteiger partial charge is 0.305 e. The topological polar surface area (TPSA) is 169 Å². The van der Waals surface area contributed by atoms with E-state index in [1.54, 1.807) is 13.1 Å². The summed E-state index contributed by atoms with van der Waals surface area (Å²) in [5.74, 6) is -1.30. The molecule has 1 aliphatic carbocycles. The molecule has 3 aromatic rings. The van der Waals surface area contributed by atoms with Gasteiger partial charge in [-0.1, -0.05) is 67.3 Å². The number of hydrogen-bond donors (Lipinski definition) is 3. The lowest BCUT2D eigenvalue weighted by atomic mass is 10.1. The summed E-state index contributed by atoms with van der Waals surface area (Å²) in [6.45, 7) is 5.73. The summed E-state index contributed by atoms with van der Waals surface area (Å²) in [5, 5.41) is 22.8. The predicted molar refractivity (Wildman–Crippen MR) is 157 cm³/mol. The Bertz CT molecular complexity index is 1450. The third-order valence-corrected chi connectivity index (χ3v) is 8.07. The summed E-state index contributed by atoms with van der Waals surface area (Å²) >= 11 is 1.36. The Morgan fingerprint density at radius 1 is 1.17 bits per heavy atom. The summed E-state index contributed by atoms with van der Waals surface area (Å²) in [4.78, 5) is 56.6. The van der Waals surface area contributed by atoms with Gasteiger partial charge in [0.1, 0.15) is 17.4 Å². The van der Waals surface area contributed by atoms with E-state index in [2.05, 4.69) is 25.9 Å². The first-order valence-corrected chi connectivity index (χ1v) is 15.1. The fraction of sp³-hybridized carbons (Fsp3) is 0.483. The number of anilines is 1. The molecular formula is C29H36N6O6S. The van der Waals surface area contributed by atoms with Crippen molar-refractivity contribution >= 4 is 35.2 Å². The van der Waals surface area contributed by atoms with E-state index >= 15 is 0 Å². The van der Waals surface area contributed by atoms with E-state index in [9.17, 15) is 24.3 Å². The Labute approximate surface area is 247 Å². The number of nitrogens with one attached hydrogen (secondary N) is 2. The maximum atomic E-state index is 13.7. The van der Waals surface area contributed by atoms with E-state index in [1.165, 1.54) is 16.3 Å². The molecule has 0 aliphatic heterocycles. The normalized spacial score (nSPS) is 14.4. The maximum absolute atomic E-state index is 13.7. The van der Waals surface area contributed by atoms with Crippen molar-refractivity contribution in [3.05, 3.63) is 69.5 Å². The number of rotatable bonds is 16. The van der Waals surface area contributed by atoms with Gasteiger partial charge < -0.3 is 15.7 Å². The Morgan fingerprint density at radius 3 is 2.52 bits per heavy atom. The van der Waals surface area contributed by atoms with Crippen LogP contribution in [0.25, 0.3) is 0 Å². The molecule has 12 nitrogen and oxygen atoms in total. The van der Waals surface area contributed by atoms with E-state index in [-0.39, 0.29) is 35.7 Å². The highest BCUT2D eigenvalue weighted by molar-refractivity contribution is 7.99. The quantitative estimate of drug-likeness (QED) is 0.221. The standard InChI is InChI=1S/C29H36N6O6S/c1-17(2)23-14-35(29(40)27(31-23)30-13-22-18(3)33-41-34-22)24(11-19-9-10-19)28(39)32-21(12-26(37)38)25(36)16-42-15-20-7-5-4-6-8-20/h4-8,14,17,19,21,24H,9-13,15-16H2,1-3H3,(H,30,31)(H,32,39)(H,37,38)/t21-,24?/m0/s1. The number of carboxylic acid groups (broad SMARTS) is 1. The van der Waals surface area contributed by atoms with Crippen molar-refractivity contribution in [2.75, 3.05) is 11.1 Å². The van der Waals surface area contributed by atoms with Crippen LogP contribution in [0.4, 0.5) is 5.82 Å². The SMILES string of the molecule is Cc1nonc1CNc1nc(C(C)C)cn(C(CC2CC2)C(=O)N[C@@H](CC(=O)O)C(=O)CSCc2ccccc2)c1=O. The Morgan fingerprint density at radius 2 is 1.90 bits per heavy atom. The molecule has 4 rings (SSSR count). The second-order valence-corrected chi connectivity index (χ2v) is 11.8. The highest BCUT2D eigenvalue weighted by Crippen LogP contribution is 2.37. The van der Waals surface area contributed by atoms with Crippen LogP contribution in [0.2, 0.25) is 0 Å². The molecule has 1 fully saturated rings. The summed E-state index contributed by atoms with van der Waals surface area (Å²) in [5.41, 5.74) is 2.22. The predicted octanol–water partition coefficient (Wildman–Crippen LogP) is 3.47. The third kappa shape index (κ3) is 8.51. The number of amides is 1. The van der Waals surface area contributed by atoms with Gasteiger partial charge in [-0.3, -0.25) is 23.7 Å². The van der Waals surface area contributed by atoms with Gasteiger partial charge in [-0.05, 0) is 30.7 Å². The van der Waals surface area contributed by atoms with Gasteiger partial charge in [0.15, 0.2) is 11.6 Å². The molecule has 0 radical (unpaired) electrons. The number of benzene rings is 1. The van der Waals surface area contributed by atoms with E-state index in [0.717, 1.165) is 18.4 Å². The number of aromatic nitrogens is 4. The molecule has 0 saturated heterocycles. The minimum Gasteiger partial charge on any atom is -0.481 e. The van der Waals surface area contributed by atoms with Crippen LogP contribution in [0.5, 0.6) is 0 Å². The first-order valence-electron chi connectivity index (χ1n) is 13.9. The number of nitrogens with zero attached hydrogens (tertiary/aromatic N) is 4. The van der Waals surface area contributed by atoms with Gasteiger partial charge in [0, 0.05) is 11.9 Å². The van der Waals surface area contributed by atoms with Gasteiger partial charge in [-0.2, -0.15) is 0 Å². The summed E-state index contributed by atoms with van der Waals surface area (Å²) in [7, 11) is 0. The average Bonchev–Trinajstić information content (AvgIpc) is 3.69. The molecular weight excluding hydrogens is 560 g/mol. The zero-order valence-electron chi connectivity index (χ0n) is 23.9. The average molecular weight is 597 g/mol. The van der Waals surface area contributed by atoms with E-state index < -0.39 is 35.9 Å². The number of Topliss-reactive ketones (excluding diaryl/α,β-unsaturated/α-hetero) is 1. The fourth-order valence-corrected chi connectivity index (χ4v) is 5.31. The molecule has 2 aromatic heterocycles. The molecule has 2 heterocycles. The highest BCUT2D eigenvalue weighted by Gasteiger charge is 2.34. The lowest BCUT2D eigenvalue weighted by Crippen LogP contribution is -2.47. The zero-order valence-corrected chi connectivity index (χ0v) is 24.7. The Balaban J connectivity index is 1.55. The molecule has 1 aliphatic rings. The van der Waals surface area contributed by atoms with Gasteiger partial charge in [0.25, 0.3) is 5.56 Å². The molecule has 42 heavy (non-hydrogen) atoms. The number of hydrogen-bond acceptors (Lipinski definition) is 10. The summed E-state index contributed by atoms with van der Waals surface area (Å²) in [6.07, 6.45) is 3.27. The molecule has 1 saturated carbocycles. The second-order valence-electron chi connectivity index (χ2n) is 10.8. The van der Waals surface area contributed by atoms with Gasteiger partial charge in [0.05, 0.1) is 30.5 Å². The molecule has 0 bridgehead atoms. The zero-order chi connectivity index (χ0) is 30.2. The molecule has 1 amide bonds.